The number of Topliss-reactive ketones (excluding diaryl/α,β-unsaturated/α-hetero) is 2. The number of aromatic hydroxyl groups is 1. The lowest BCUT2D eigenvalue weighted by atomic mass is 9.58. The third-order valence-electron chi connectivity index (χ3n) is 8.32. The van der Waals surface area contributed by atoms with Gasteiger partial charge < -0.3 is 26.2 Å². The van der Waals surface area contributed by atoms with Gasteiger partial charge in [-0.3, -0.25) is 24.2 Å². The second-order valence-corrected chi connectivity index (χ2v) is 10.7. The Morgan fingerprint density at radius 2 is 1.86 bits per heavy atom. The van der Waals surface area contributed by atoms with Gasteiger partial charge in [0, 0.05) is 29.2 Å². The minimum Gasteiger partial charge on any atom is -0.510 e. The van der Waals surface area contributed by atoms with Gasteiger partial charge in [-0.1, -0.05) is 0 Å². The molecule has 0 aromatic heterocycles. The molecule has 198 valence electrons. The van der Waals surface area contributed by atoms with Gasteiger partial charge in [-0.2, -0.15) is 0 Å². The van der Waals surface area contributed by atoms with Crippen molar-refractivity contribution in [3.63, 3.8) is 0 Å². The van der Waals surface area contributed by atoms with Crippen molar-refractivity contribution >= 4 is 17.5 Å². The maximum atomic E-state index is 15.7. The van der Waals surface area contributed by atoms with Gasteiger partial charge in [0.05, 0.1) is 11.6 Å². The number of primary amides is 1. The van der Waals surface area contributed by atoms with Crippen LogP contribution in [0.4, 0.5) is 4.39 Å². The summed E-state index contributed by atoms with van der Waals surface area (Å²) >= 11 is 0. The lowest BCUT2D eigenvalue weighted by Gasteiger charge is -2.50. The molecule has 6 N–H and O–H groups in total. The summed E-state index contributed by atoms with van der Waals surface area (Å²) in [5, 5.41) is 44.4. The zero-order chi connectivity index (χ0) is 27.0. The number of nitrogens with zero attached hydrogens (tertiary/aromatic N) is 2. The van der Waals surface area contributed by atoms with Crippen LogP contribution in [0.1, 0.15) is 40.7 Å². The van der Waals surface area contributed by atoms with Gasteiger partial charge in [-0.05, 0) is 64.9 Å². The van der Waals surface area contributed by atoms with Gasteiger partial charge in [0.25, 0.3) is 5.91 Å². The van der Waals surface area contributed by atoms with E-state index >= 15 is 4.39 Å². The maximum absolute atomic E-state index is 15.7. The maximum Gasteiger partial charge on any atom is 0.255 e. The highest BCUT2D eigenvalue weighted by molar-refractivity contribution is 6.24. The number of benzene rings is 1. The highest BCUT2D eigenvalue weighted by atomic mass is 19.1. The van der Waals surface area contributed by atoms with Gasteiger partial charge in [0.15, 0.2) is 11.4 Å². The van der Waals surface area contributed by atoms with Crippen LogP contribution < -0.4 is 5.73 Å². The van der Waals surface area contributed by atoms with E-state index in [1.807, 2.05) is 0 Å². The molecular weight excluding hydrogens is 485 g/mol. The Kier molecular flexibility index (Phi) is 5.93. The number of carbonyl (C=O) groups excluding carboxylic acids is 3. The molecule has 1 aliphatic heterocycles. The van der Waals surface area contributed by atoms with Crippen LogP contribution in [-0.4, -0.2) is 86.5 Å². The third kappa shape index (κ3) is 3.52. The SMILES string of the molecule is CN(C)[C@@H]1C(O)=C(C(N)=O)C(=O)[C@@]2(O)C(O)=C3C(=O)c4c(O)cc(CN5CCCC5)c(F)c4C[C@H]3C[C@@H]12. The zero-order valence-corrected chi connectivity index (χ0v) is 20.6. The highest BCUT2D eigenvalue weighted by Gasteiger charge is 2.63. The summed E-state index contributed by atoms with van der Waals surface area (Å²) in [4.78, 5) is 42.4. The predicted molar refractivity (Wildman–Crippen MR) is 128 cm³/mol. The first-order valence-electron chi connectivity index (χ1n) is 12.3. The molecule has 0 radical (unpaired) electrons. The Morgan fingerprint density at radius 1 is 1.22 bits per heavy atom. The average Bonchev–Trinajstić information content (AvgIpc) is 3.32. The van der Waals surface area contributed by atoms with Crippen molar-refractivity contribution in [3.8, 4) is 5.75 Å². The number of ketones is 2. The standard InChI is InChI=1S/C26H30FN3O7/c1-29(2)20-14-8-11-7-13-17(15(31)9-12(19(13)27)10-30-5-3-4-6-30)21(32)16(11)23(34)26(14,37)24(35)18(22(20)33)25(28)36/h9,11,14,20,31,33-34,37H,3-8,10H2,1-2H3,(H2,28,36)/t11-,14-,20-,26-/m0/s1. The van der Waals surface area contributed by atoms with Gasteiger partial charge in [0.1, 0.15) is 28.7 Å². The number of aliphatic hydroxyl groups is 3. The van der Waals surface area contributed by atoms with E-state index in [9.17, 15) is 34.8 Å². The minimum absolute atomic E-state index is 0.0207. The highest BCUT2D eigenvalue weighted by Crippen LogP contribution is 2.52. The molecule has 4 aliphatic rings. The van der Waals surface area contributed by atoms with Gasteiger partial charge in [0.2, 0.25) is 5.78 Å². The number of halogens is 1. The van der Waals surface area contributed by atoms with E-state index < -0.39 is 69.6 Å². The molecule has 1 saturated heterocycles. The molecule has 37 heavy (non-hydrogen) atoms. The summed E-state index contributed by atoms with van der Waals surface area (Å²) in [7, 11) is 3.10. The third-order valence-corrected chi connectivity index (χ3v) is 8.32. The Labute approximate surface area is 212 Å². The number of carbonyl (C=O) groups is 3. The fourth-order valence-electron chi connectivity index (χ4n) is 6.65. The van der Waals surface area contributed by atoms with E-state index in [1.165, 1.54) is 11.0 Å². The molecule has 0 unspecified atom stereocenters. The topological polar surface area (TPSA) is 165 Å². The Balaban J connectivity index is 1.65. The molecule has 5 rings (SSSR count). The summed E-state index contributed by atoms with van der Waals surface area (Å²) < 4.78 is 15.7. The van der Waals surface area contributed by atoms with E-state index in [-0.39, 0.29) is 41.6 Å². The summed E-state index contributed by atoms with van der Waals surface area (Å²) in [5.41, 5.74) is 1.40. The number of rotatable bonds is 4. The largest absolute Gasteiger partial charge is 0.510 e. The van der Waals surface area contributed by atoms with Gasteiger partial charge in [-0.25, -0.2) is 4.39 Å². The summed E-state index contributed by atoms with van der Waals surface area (Å²) in [6, 6.07) is 0.118. The Hall–Kier alpha value is -3.28. The molecular formula is C26H30FN3O7. The first-order chi connectivity index (χ1) is 17.4. The summed E-state index contributed by atoms with van der Waals surface area (Å²) in [6.07, 6.45) is 1.85. The number of hydrogen-bond donors (Lipinski definition) is 5. The van der Waals surface area contributed by atoms with Crippen molar-refractivity contribution in [3.05, 3.63) is 51.2 Å². The molecule has 0 bridgehead atoms. The van der Waals surface area contributed by atoms with Crippen LogP contribution in [0.25, 0.3) is 0 Å². The van der Waals surface area contributed by atoms with Gasteiger partial charge in [-0.15, -0.1) is 0 Å². The molecule has 3 aliphatic carbocycles. The van der Waals surface area contributed by atoms with E-state index in [0.29, 0.717) is 0 Å². The van der Waals surface area contributed by atoms with Crippen molar-refractivity contribution in [2.75, 3.05) is 27.2 Å². The van der Waals surface area contributed by atoms with Crippen LogP contribution in [0, 0.1) is 17.7 Å². The number of phenols is 1. The number of nitrogens with two attached hydrogens (primary N) is 1. The normalized spacial score (nSPS) is 30.0. The van der Waals surface area contributed by atoms with Crippen LogP contribution in [0.2, 0.25) is 0 Å². The molecule has 11 heteroatoms. The predicted octanol–water partition coefficient (Wildman–Crippen LogP) is 0.856. The molecule has 1 amide bonds. The zero-order valence-electron chi connectivity index (χ0n) is 20.6. The molecule has 10 nitrogen and oxygen atoms in total. The van der Waals surface area contributed by atoms with Crippen molar-refractivity contribution in [2.24, 2.45) is 17.6 Å². The second-order valence-electron chi connectivity index (χ2n) is 10.7. The first kappa shape index (κ1) is 25.4. The molecule has 1 fully saturated rings. The molecule has 1 aromatic carbocycles. The molecule has 1 heterocycles. The van der Waals surface area contributed by atoms with E-state index in [1.54, 1.807) is 14.1 Å². The number of likely N-dealkylation sites (tertiary alicyclic amines) is 1. The van der Waals surface area contributed by atoms with Crippen LogP contribution in [0.15, 0.2) is 28.7 Å². The Bertz CT molecular complexity index is 1300. The fraction of sp³-hybridized carbons (Fsp3) is 0.500. The number of aliphatic hydroxyl groups excluding tert-OH is 2. The van der Waals surface area contributed by atoms with Crippen molar-refractivity contribution in [2.45, 2.75) is 43.9 Å². The Morgan fingerprint density at radius 3 is 2.46 bits per heavy atom. The molecule has 0 spiro atoms. The molecule has 1 aromatic rings. The number of amides is 1. The number of phenolic OH excluding ortho intramolecular Hbond substituents is 1. The summed E-state index contributed by atoms with van der Waals surface area (Å²) in [6.45, 7) is 1.90. The summed E-state index contributed by atoms with van der Waals surface area (Å²) in [5.74, 6) is -8.10. The molecule has 0 saturated carbocycles. The lowest BCUT2D eigenvalue weighted by molar-refractivity contribution is -0.148. The quantitative estimate of drug-likeness (QED) is 0.366. The van der Waals surface area contributed by atoms with Crippen LogP contribution in [0.3, 0.4) is 0 Å². The van der Waals surface area contributed by atoms with Crippen LogP contribution in [0.5, 0.6) is 5.75 Å². The number of fused-ring (bicyclic) bond motifs is 3. The first-order valence-corrected chi connectivity index (χ1v) is 12.3. The van der Waals surface area contributed by atoms with Crippen LogP contribution >= 0.6 is 0 Å². The number of likely N-dealkylation sites (N-methyl/N-ethyl adjacent to an activating group) is 1. The fourth-order valence-corrected chi connectivity index (χ4v) is 6.65. The van der Waals surface area contributed by atoms with E-state index in [2.05, 4.69) is 4.90 Å². The molecule has 4 atom stereocenters. The average molecular weight is 516 g/mol. The van der Waals surface area contributed by atoms with Crippen molar-refractivity contribution in [1.29, 1.82) is 0 Å². The van der Waals surface area contributed by atoms with E-state index in [4.69, 9.17) is 5.73 Å². The second kappa shape index (κ2) is 8.64. The van der Waals surface area contributed by atoms with Crippen molar-refractivity contribution in [1.82, 2.24) is 9.80 Å². The lowest BCUT2D eigenvalue weighted by Crippen LogP contribution is -2.63. The monoisotopic (exact) mass is 515 g/mol. The van der Waals surface area contributed by atoms with Crippen molar-refractivity contribution < 1.29 is 39.2 Å². The minimum atomic E-state index is -2.71. The number of hydrogen-bond acceptors (Lipinski definition) is 9. The van der Waals surface area contributed by atoms with Gasteiger partial charge >= 0.3 is 0 Å². The van der Waals surface area contributed by atoms with Crippen LogP contribution in [-0.2, 0) is 22.6 Å². The van der Waals surface area contributed by atoms with E-state index in [0.717, 1.165) is 25.9 Å². The smallest absolute Gasteiger partial charge is 0.255 e. The number of allylic oxidation sites excluding steroid dienone is 1.